The maximum atomic E-state index is 13.1. The highest BCUT2D eigenvalue weighted by atomic mass is 35.5. The van der Waals surface area contributed by atoms with Gasteiger partial charge in [0, 0.05) is 29.2 Å². The zero-order valence-corrected chi connectivity index (χ0v) is 17.0. The van der Waals surface area contributed by atoms with E-state index < -0.39 is 0 Å². The molecule has 0 saturated carbocycles. The summed E-state index contributed by atoms with van der Waals surface area (Å²) in [5.41, 5.74) is 4.00. The molecule has 1 heterocycles. The third-order valence-corrected chi connectivity index (χ3v) is 5.41. The molecular formula is C24H22ClNO3. The van der Waals surface area contributed by atoms with Crippen LogP contribution in [0, 0.1) is 0 Å². The number of carbonyl (C=O) groups is 1. The third kappa shape index (κ3) is 4.38. The summed E-state index contributed by atoms with van der Waals surface area (Å²) in [4.78, 5) is 15.0. The number of fused-ring (bicyclic) bond motifs is 1. The van der Waals surface area contributed by atoms with Crippen LogP contribution in [-0.2, 0) is 19.6 Å². The zero-order chi connectivity index (χ0) is 20.2. The van der Waals surface area contributed by atoms with Gasteiger partial charge in [0.15, 0.2) is 0 Å². The molecule has 0 aromatic heterocycles. The van der Waals surface area contributed by atoms with Crippen LogP contribution in [0.3, 0.4) is 0 Å². The predicted molar refractivity (Wildman–Crippen MR) is 114 cm³/mol. The van der Waals surface area contributed by atoms with Crippen molar-refractivity contribution in [1.82, 2.24) is 4.90 Å². The van der Waals surface area contributed by atoms with Gasteiger partial charge in [0.1, 0.15) is 18.1 Å². The van der Waals surface area contributed by atoms with Crippen LogP contribution in [0.25, 0.3) is 0 Å². The number of rotatable bonds is 5. The Morgan fingerprint density at radius 1 is 1.03 bits per heavy atom. The van der Waals surface area contributed by atoms with Gasteiger partial charge in [0.25, 0.3) is 5.91 Å². The Balaban J connectivity index is 1.51. The fraction of sp³-hybridized carbons (Fsp3) is 0.208. The summed E-state index contributed by atoms with van der Waals surface area (Å²) in [6, 6.07) is 21.0. The lowest BCUT2D eigenvalue weighted by molar-refractivity contribution is 0.0734. The van der Waals surface area contributed by atoms with E-state index in [4.69, 9.17) is 21.1 Å². The van der Waals surface area contributed by atoms with Crippen LogP contribution in [0.4, 0.5) is 0 Å². The fourth-order valence-corrected chi connectivity index (χ4v) is 3.69. The highest BCUT2D eigenvalue weighted by Crippen LogP contribution is 2.25. The molecule has 0 fully saturated rings. The van der Waals surface area contributed by atoms with Crippen LogP contribution >= 0.6 is 11.6 Å². The summed E-state index contributed by atoms with van der Waals surface area (Å²) in [5.74, 6) is 1.43. The summed E-state index contributed by atoms with van der Waals surface area (Å²) < 4.78 is 11.3. The number of halogens is 1. The summed E-state index contributed by atoms with van der Waals surface area (Å²) in [6.07, 6.45) is 0.880. The highest BCUT2D eigenvalue weighted by Gasteiger charge is 2.22. The minimum absolute atomic E-state index is 0.0231. The van der Waals surface area contributed by atoms with Gasteiger partial charge in [-0.15, -0.1) is 0 Å². The lowest BCUT2D eigenvalue weighted by Gasteiger charge is -2.29. The number of ether oxygens (including phenoxy) is 2. The molecule has 29 heavy (non-hydrogen) atoms. The van der Waals surface area contributed by atoms with E-state index in [1.165, 1.54) is 11.1 Å². The van der Waals surface area contributed by atoms with Crippen LogP contribution in [0.15, 0.2) is 66.7 Å². The van der Waals surface area contributed by atoms with Gasteiger partial charge in [-0.2, -0.15) is 0 Å². The number of methoxy groups -OCH3 is 1. The average molecular weight is 408 g/mol. The molecule has 0 saturated heterocycles. The molecule has 0 N–H and O–H groups in total. The first-order valence-corrected chi connectivity index (χ1v) is 9.93. The average Bonchev–Trinajstić information content (AvgIpc) is 2.77. The van der Waals surface area contributed by atoms with Crippen LogP contribution in [0.1, 0.15) is 27.0 Å². The molecule has 0 unspecified atom stereocenters. The number of nitrogens with zero attached hydrogens (tertiary/aromatic N) is 1. The van der Waals surface area contributed by atoms with E-state index in [2.05, 4.69) is 12.1 Å². The zero-order valence-electron chi connectivity index (χ0n) is 16.2. The van der Waals surface area contributed by atoms with Crippen LogP contribution in [-0.4, -0.2) is 24.5 Å². The summed E-state index contributed by atoms with van der Waals surface area (Å²) in [6.45, 7) is 1.66. The third-order valence-electron chi connectivity index (χ3n) is 5.15. The normalized spacial score (nSPS) is 13.0. The van der Waals surface area contributed by atoms with E-state index in [9.17, 15) is 4.79 Å². The molecule has 3 aromatic carbocycles. The molecule has 4 nitrogen and oxygen atoms in total. The van der Waals surface area contributed by atoms with Crippen LogP contribution in [0.5, 0.6) is 11.5 Å². The van der Waals surface area contributed by atoms with Crippen molar-refractivity contribution in [3.8, 4) is 11.5 Å². The van der Waals surface area contributed by atoms with Crippen molar-refractivity contribution >= 4 is 17.5 Å². The van der Waals surface area contributed by atoms with Crippen LogP contribution in [0.2, 0.25) is 5.02 Å². The van der Waals surface area contributed by atoms with Gasteiger partial charge in [0.2, 0.25) is 0 Å². The van der Waals surface area contributed by atoms with E-state index in [1.807, 2.05) is 47.4 Å². The van der Waals surface area contributed by atoms with Crippen molar-refractivity contribution in [2.45, 2.75) is 19.6 Å². The molecule has 0 spiro atoms. The molecular weight excluding hydrogens is 386 g/mol. The second-order valence-electron chi connectivity index (χ2n) is 7.01. The second-order valence-corrected chi connectivity index (χ2v) is 7.45. The first-order valence-electron chi connectivity index (χ1n) is 9.55. The minimum Gasteiger partial charge on any atom is -0.496 e. The Labute approximate surface area is 175 Å². The first kappa shape index (κ1) is 19.3. The molecule has 4 rings (SSSR count). The maximum Gasteiger partial charge on any atom is 0.254 e. The second kappa shape index (κ2) is 8.58. The van der Waals surface area contributed by atoms with Gasteiger partial charge in [0.05, 0.1) is 7.11 Å². The van der Waals surface area contributed by atoms with Crippen LogP contribution < -0.4 is 9.47 Å². The van der Waals surface area contributed by atoms with Gasteiger partial charge in [-0.1, -0.05) is 35.9 Å². The molecule has 148 valence electrons. The minimum atomic E-state index is 0.0231. The molecule has 1 aliphatic rings. The monoisotopic (exact) mass is 407 g/mol. The quantitative estimate of drug-likeness (QED) is 0.588. The van der Waals surface area contributed by atoms with Crippen molar-refractivity contribution in [3.63, 3.8) is 0 Å². The molecule has 1 aliphatic heterocycles. The van der Waals surface area contributed by atoms with Crippen molar-refractivity contribution in [2.24, 2.45) is 0 Å². The number of benzene rings is 3. The largest absolute Gasteiger partial charge is 0.496 e. The smallest absolute Gasteiger partial charge is 0.254 e. The molecule has 5 heteroatoms. The van der Waals surface area contributed by atoms with E-state index >= 15 is 0 Å². The van der Waals surface area contributed by atoms with E-state index in [0.29, 0.717) is 35.2 Å². The Morgan fingerprint density at radius 3 is 2.55 bits per heavy atom. The number of hydrogen-bond donors (Lipinski definition) is 0. The molecule has 1 amide bonds. The molecule has 0 aliphatic carbocycles. The first-order chi connectivity index (χ1) is 14.1. The van der Waals surface area contributed by atoms with Crippen molar-refractivity contribution in [1.29, 1.82) is 0 Å². The number of carbonyl (C=O) groups excluding carboxylic acids is 1. The Hall–Kier alpha value is -2.98. The van der Waals surface area contributed by atoms with Crippen molar-refractivity contribution in [2.75, 3.05) is 13.7 Å². The maximum absolute atomic E-state index is 13.1. The summed E-state index contributed by atoms with van der Waals surface area (Å²) in [7, 11) is 1.62. The Bertz CT molecular complexity index is 1020. The molecule has 0 atom stereocenters. The fourth-order valence-electron chi connectivity index (χ4n) is 3.57. The van der Waals surface area contributed by atoms with Gasteiger partial charge in [-0.25, -0.2) is 0 Å². The summed E-state index contributed by atoms with van der Waals surface area (Å²) >= 11 is 5.92. The predicted octanol–water partition coefficient (Wildman–Crippen LogP) is 5.13. The summed E-state index contributed by atoms with van der Waals surface area (Å²) in [5, 5.41) is 0.658. The molecule has 0 bridgehead atoms. The Kier molecular flexibility index (Phi) is 5.72. The van der Waals surface area contributed by atoms with Gasteiger partial charge in [-0.05, 0) is 60.0 Å². The molecule has 0 radical (unpaired) electrons. The van der Waals surface area contributed by atoms with Gasteiger partial charge < -0.3 is 14.4 Å². The SMILES string of the molecule is COc1ccc(C(=O)N2CCc3ccccc3C2)cc1COc1ccc(Cl)cc1. The van der Waals surface area contributed by atoms with E-state index in [-0.39, 0.29) is 5.91 Å². The van der Waals surface area contributed by atoms with Gasteiger partial charge in [-0.3, -0.25) is 4.79 Å². The number of hydrogen-bond acceptors (Lipinski definition) is 3. The van der Waals surface area contributed by atoms with E-state index in [1.54, 1.807) is 19.2 Å². The lowest BCUT2D eigenvalue weighted by Crippen LogP contribution is -2.36. The standard InChI is InChI=1S/C24H22ClNO3/c1-28-23-11-6-18(14-20(23)16-29-22-9-7-21(25)8-10-22)24(27)26-13-12-17-4-2-3-5-19(17)15-26/h2-11,14H,12-13,15-16H2,1H3. The van der Waals surface area contributed by atoms with E-state index in [0.717, 1.165) is 18.5 Å². The van der Waals surface area contributed by atoms with Crippen molar-refractivity contribution in [3.05, 3.63) is 94.0 Å². The Morgan fingerprint density at radius 2 is 1.79 bits per heavy atom. The van der Waals surface area contributed by atoms with Crippen molar-refractivity contribution < 1.29 is 14.3 Å². The topological polar surface area (TPSA) is 38.8 Å². The number of amides is 1. The highest BCUT2D eigenvalue weighted by molar-refractivity contribution is 6.30. The lowest BCUT2D eigenvalue weighted by atomic mass is 9.99. The molecule has 3 aromatic rings. The van der Waals surface area contributed by atoms with Gasteiger partial charge >= 0.3 is 0 Å².